The minimum absolute atomic E-state index is 0.00529. The van der Waals surface area contributed by atoms with Crippen molar-refractivity contribution in [3.8, 4) is 28.5 Å². The Balaban J connectivity index is 1.30. The number of aromatic nitrogens is 2. The van der Waals surface area contributed by atoms with Crippen LogP contribution in [0.1, 0.15) is 53.9 Å². The van der Waals surface area contributed by atoms with Crippen molar-refractivity contribution in [2.45, 2.75) is 13.5 Å². The van der Waals surface area contributed by atoms with Gasteiger partial charge in [-0.2, -0.15) is 4.98 Å². The number of fused-ring (bicyclic) bond motifs is 1. The van der Waals surface area contributed by atoms with E-state index in [1.165, 1.54) is 48.5 Å². The van der Waals surface area contributed by atoms with E-state index in [0.29, 0.717) is 22.4 Å². The summed E-state index contributed by atoms with van der Waals surface area (Å²) in [5.41, 5.74) is 2.51. The van der Waals surface area contributed by atoms with Gasteiger partial charge in [0.25, 0.3) is 17.5 Å². The molecule has 238 valence electrons. The number of non-ortho nitro benzene ring substituents is 1. The molecule has 1 aliphatic rings. The lowest BCUT2D eigenvalue weighted by Crippen LogP contribution is -2.29. The Morgan fingerprint density at radius 1 is 0.833 bits per heavy atom. The highest BCUT2D eigenvalue weighted by molar-refractivity contribution is 6.34. The lowest BCUT2D eigenvalue weighted by Gasteiger charge is -2.15. The van der Waals surface area contributed by atoms with Crippen molar-refractivity contribution < 1.29 is 38.7 Å². The van der Waals surface area contributed by atoms with Gasteiger partial charge < -0.3 is 14.6 Å². The van der Waals surface area contributed by atoms with Crippen LogP contribution in [0.3, 0.4) is 0 Å². The second-order valence-electron chi connectivity index (χ2n) is 10.5. The quantitative estimate of drug-likeness (QED) is 0.0819. The Morgan fingerprint density at radius 3 is 2.23 bits per heavy atom. The molecular weight excluding hydrogens is 620 g/mol. The molecule has 13 heteroatoms. The summed E-state index contributed by atoms with van der Waals surface area (Å²) in [6.45, 7) is 2.06. The van der Waals surface area contributed by atoms with E-state index in [-0.39, 0.29) is 53.0 Å². The van der Waals surface area contributed by atoms with Crippen molar-refractivity contribution in [1.82, 2.24) is 9.97 Å². The molecule has 2 amide bonds. The van der Waals surface area contributed by atoms with E-state index >= 15 is 0 Å². The first-order chi connectivity index (χ1) is 23.1. The summed E-state index contributed by atoms with van der Waals surface area (Å²) in [6.07, 6.45) is 0. The number of amides is 2. The Labute approximate surface area is 272 Å². The van der Waals surface area contributed by atoms with Crippen LogP contribution in [0.25, 0.3) is 22.6 Å². The number of carboxylic acid groups (broad SMARTS) is 1. The second-order valence-corrected chi connectivity index (χ2v) is 10.5. The average molecular weight is 645 g/mol. The van der Waals surface area contributed by atoms with Crippen LogP contribution in [-0.2, 0) is 11.3 Å². The van der Waals surface area contributed by atoms with Gasteiger partial charge in [0.2, 0.25) is 5.88 Å². The van der Waals surface area contributed by atoms with E-state index in [9.17, 15) is 34.4 Å². The molecule has 0 fully saturated rings. The zero-order valence-electron chi connectivity index (χ0n) is 25.2. The normalized spacial score (nSPS) is 12.1. The largest absolute Gasteiger partial charge is 0.478 e. The molecule has 48 heavy (non-hydrogen) atoms. The van der Waals surface area contributed by atoms with Crippen LogP contribution in [0.15, 0.2) is 97.1 Å². The van der Waals surface area contributed by atoms with Gasteiger partial charge in [-0.25, -0.2) is 19.5 Å². The number of benzene rings is 4. The number of aromatic carboxylic acids is 1. The maximum Gasteiger partial charge on any atom is 0.338 e. The number of ether oxygens (including phenoxy) is 2. The third-order valence-electron chi connectivity index (χ3n) is 7.42. The van der Waals surface area contributed by atoms with Crippen LogP contribution < -0.4 is 9.64 Å². The molecule has 1 aromatic heterocycles. The van der Waals surface area contributed by atoms with Gasteiger partial charge in [-0.15, -0.1) is 0 Å². The molecule has 0 atom stereocenters. The van der Waals surface area contributed by atoms with Crippen molar-refractivity contribution in [2.24, 2.45) is 0 Å². The summed E-state index contributed by atoms with van der Waals surface area (Å²) in [5, 5.41) is 20.7. The van der Waals surface area contributed by atoms with Crippen molar-refractivity contribution in [1.29, 1.82) is 0 Å². The molecule has 0 bridgehead atoms. The van der Waals surface area contributed by atoms with Crippen LogP contribution in [0, 0.1) is 10.1 Å². The van der Waals surface area contributed by atoms with E-state index in [2.05, 4.69) is 9.97 Å². The molecule has 0 saturated heterocycles. The van der Waals surface area contributed by atoms with Crippen molar-refractivity contribution in [2.75, 3.05) is 11.5 Å². The van der Waals surface area contributed by atoms with Crippen LogP contribution in [0.4, 0.5) is 11.4 Å². The van der Waals surface area contributed by atoms with E-state index in [4.69, 9.17) is 9.47 Å². The van der Waals surface area contributed by atoms with Crippen molar-refractivity contribution in [3.63, 3.8) is 0 Å². The molecule has 4 aromatic carbocycles. The number of nitrogens with zero attached hydrogens (tertiary/aromatic N) is 4. The number of hydrogen-bond donors (Lipinski definition) is 1. The molecule has 5 aromatic rings. The summed E-state index contributed by atoms with van der Waals surface area (Å²) >= 11 is 0. The summed E-state index contributed by atoms with van der Waals surface area (Å²) in [4.78, 5) is 70.7. The van der Waals surface area contributed by atoms with E-state index in [1.54, 1.807) is 55.5 Å². The smallest absolute Gasteiger partial charge is 0.338 e. The Bertz CT molecular complexity index is 2110. The fourth-order valence-electron chi connectivity index (χ4n) is 5.03. The molecule has 6 rings (SSSR count). The van der Waals surface area contributed by atoms with Gasteiger partial charge >= 0.3 is 11.9 Å². The van der Waals surface area contributed by atoms with E-state index in [0.717, 1.165) is 10.5 Å². The lowest BCUT2D eigenvalue weighted by atomic mass is 10.1. The maximum absolute atomic E-state index is 13.1. The number of anilines is 1. The van der Waals surface area contributed by atoms with Gasteiger partial charge in [0.1, 0.15) is 6.61 Å². The highest BCUT2D eigenvalue weighted by atomic mass is 16.6. The molecular formula is C35H24N4O9. The standard InChI is InChI=1S/C35H24N4O9/c1-2-47-35(44)22-8-6-20(7-9-22)19-48-30-18-29(23-4-3-5-26(16-23)39(45)46)36-31(37-30)21-10-13-25(14-11-21)38-32(40)27-15-12-24(34(42)43)17-28(27)33(38)41/h3-18H,2,19H2,1H3,(H,42,43). The van der Waals surface area contributed by atoms with Crippen molar-refractivity contribution in [3.05, 3.63) is 135 Å². The average Bonchev–Trinajstić information content (AvgIpc) is 3.35. The monoisotopic (exact) mass is 644 g/mol. The third-order valence-corrected chi connectivity index (χ3v) is 7.42. The molecule has 1 aliphatic heterocycles. The predicted molar refractivity (Wildman–Crippen MR) is 171 cm³/mol. The topological polar surface area (TPSA) is 179 Å². The molecule has 2 heterocycles. The van der Waals surface area contributed by atoms with Crippen LogP contribution >= 0.6 is 0 Å². The first-order valence-corrected chi connectivity index (χ1v) is 14.5. The molecule has 0 spiro atoms. The SMILES string of the molecule is CCOC(=O)c1ccc(COc2cc(-c3cccc([N+](=O)[O-])c3)nc(-c3ccc(N4C(=O)c5ccc(C(=O)O)cc5C4=O)cc3)n2)cc1. The van der Waals surface area contributed by atoms with Gasteiger partial charge in [0.15, 0.2) is 5.82 Å². The number of nitro benzene ring substituents is 1. The zero-order chi connectivity index (χ0) is 33.9. The first kappa shape index (κ1) is 31.2. The molecule has 0 saturated carbocycles. The van der Waals surface area contributed by atoms with Gasteiger partial charge in [-0.1, -0.05) is 24.3 Å². The molecule has 0 aliphatic carbocycles. The maximum atomic E-state index is 13.1. The van der Waals surface area contributed by atoms with Crippen molar-refractivity contribution >= 4 is 35.1 Å². The third kappa shape index (κ3) is 6.20. The number of carboxylic acids is 1. The number of hydrogen-bond acceptors (Lipinski definition) is 10. The number of carbonyl (C=O) groups is 4. The zero-order valence-corrected chi connectivity index (χ0v) is 25.2. The Morgan fingerprint density at radius 2 is 1.54 bits per heavy atom. The number of rotatable bonds is 10. The highest BCUT2D eigenvalue weighted by Gasteiger charge is 2.37. The van der Waals surface area contributed by atoms with Crippen LogP contribution in [0.5, 0.6) is 5.88 Å². The minimum atomic E-state index is -1.22. The van der Waals surface area contributed by atoms with Crippen LogP contribution in [0.2, 0.25) is 0 Å². The van der Waals surface area contributed by atoms with E-state index < -0.39 is 28.7 Å². The van der Waals surface area contributed by atoms with Gasteiger partial charge in [0.05, 0.1) is 45.2 Å². The number of carbonyl (C=O) groups excluding carboxylic acids is 3. The van der Waals surface area contributed by atoms with Gasteiger partial charge in [0, 0.05) is 29.3 Å². The predicted octanol–water partition coefficient (Wildman–Crippen LogP) is 5.97. The molecule has 0 radical (unpaired) electrons. The molecule has 1 N–H and O–H groups in total. The Kier molecular flexibility index (Phi) is 8.41. The van der Waals surface area contributed by atoms with Gasteiger partial charge in [-0.05, 0) is 67.1 Å². The highest BCUT2D eigenvalue weighted by Crippen LogP contribution is 2.32. The summed E-state index contributed by atoms with van der Waals surface area (Å²) in [7, 11) is 0. The fourth-order valence-corrected chi connectivity index (χ4v) is 5.03. The first-order valence-electron chi connectivity index (χ1n) is 14.5. The summed E-state index contributed by atoms with van der Waals surface area (Å²) in [5.74, 6) is -2.53. The number of esters is 1. The van der Waals surface area contributed by atoms with E-state index in [1.807, 2.05) is 0 Å². The van der Waals surface area contributed by atoms with Gasteiger partial charge in [-0.3, -0.25) is 19.7 Å². The number of imide groups is 1. The molecule has 13 nitrogen and oxygen atoms in total. The van der Waals surface area contributed by atoms with Crippen LogP contribution in [-0.4, -0.2) is 50.4 Å². The molecule has 0 unspecified atom stereocenters. The number of nitro groups is 1. The summed E-state index contributed by atoms with van der Waals surface area (Å²) < 4.78 is 11.0. The fraction of sp³-hybridized carbons (Fsp3) is 0.0857. The Hall–Kier alpha value is -6.76. The lowest BCUT2D eigenvalue weighted by molar-refractivity contribution is -0.384. The second kappa shape index (κ2) is 12.9. The summed E-state index contributed by atoms with van der Waals surface area (Å²) in [6, 6.07) is 24.2. The minimum Gasteiger partial charge on any atom is -0.478 e.